The van der Waals surface area contributed by atoms with Crippen molar-refractivity contribution in [2.24, 2.45) is 0 Å². The highest BCUT2D eigenvalue weighted by Gasteiger charge is 2.24. The molecule has 1 aromatic rings. The van der Waals surface area contributed by atoms with Crippen LogP contribution in [0.3, 0.4) is 0 Å². The molecule has 0 unspecified atom stereocenters. The maximum atomic E-state index is 12.3. The van der Waals surface area contributed by atoms with Gasteiger partial charge in [-0.2, -0.15) is 0 Å². The minimum Gasteiger partial charge on any atom is -0.495 e. The summed E-state index contributed by atoms with van der Waals surface area (Å²) < 4.78 is 10.2. The second kappa shape index (κ2) is 9.00. The van der Waals surface area contributed by atoms with E-state index in [9.17, 15) is 9.59 Å². The van der Waals surface area contributed by atoms with Gasteiger partial charge in [0.25, 0.3) is 0 Å². The summed E-state index contributed by atoms with van der Waals surface area (Å²) in [6.07, 6.45) is 0.0970. The van der Waals surface area contributed by atoms with Crippen LogP contribution in [0.15, 0.2) is 24.3 Å². The van der Waals surface area contributed by atoms with Gasteiger partial charge in [-0.05, 0) is 19.1 Å². The Labute approximate surface area is 142 Å². The van der Waals surface area contributed by atoms with Crippen LogP contribution < -0.4 is 10.1 Å². The lowest BCUT2D eigenvalue weighted by Crippen LogP contribution is -2.50. The number of nitrogens with zero attached hydrogens (tertiary/aromatic N) is 2. The molecule has 0 bridgehead atoms. The van der Waals surface area contributed by atoms with Crippen LogP contribution in [0.25, 0.3) is 0 Å². The number of rotatable bonds is 6. The van der Waals surface area contributed by atoms with Gasteiger partial charge in [0.05, 0.1) is 19.4 Å². The number of hydrogen-bond donors (Lipinski definition) is 1. The second-order valence-corrected chi connectivity index (χ2v) is 5.44. The number of ether oxygens (including phenoxy) is 2. The summed E-state index contributed by atoms with van der Waals surface area (Å²) in [6, 6.07) is 7.61. The van der Waals surface area contributed by atoms with Crippen molar-refractivity contribution in [3.05, 3.63) is 24.3 Å². The highest BCUT2D eigenvalue weighted by Crippen LogP contribution is 2.22. The molecule has 1 aliphatic heterocycles. The van der Waals surface area contributed by atoms with Crippen LogP contribution in [0.1, 0.15) is 13.3 Å². The van der Waals surface area contributed by atoms with Crippen molar-refractivity contribution in [3.63, 3.8) is 0 Å². The van der Waals surface area contributed by atoms with Crippen molar-refractivity contribution in [2.75, 3.05) is 51.8 Å². The third-order valence-electron chi connectivity index (χ3n) is 3.92. The fourth-order valence-electron chi connectivity index (χ4n) is 2.61. The first-order chi connectivity index (χ1) is 11.7. The van der Waals surface area contributed by atoms with E-state index in [1.54, 1.807) is 23.8 Å². The third kappa shape index (κ3) is 4.78. The summed E-state index contributed by atoms with van der Waals surface area (Å²) in [5.41, 5.74) is 0.875. The molecule has 1 N–H and O–H groups in total. The molecule has 1 aliphatic rings. The average Bonchev–Trinajstić information content (AvgIpc) is 2.62. The molecule has 1 aromatic carbocycles. The summed E-state index contributed by atoms with van der Waals surface area (Å²) in [5.74, 6) is 0.842. The van der Waals surface area contributed by atoms with Gasteiger partial charge in [0.2, 0.25) is 5.91 Å². The number of anilines is 1. The Balaban J connectivity index is 1.73. The average molecular weight is 335 g/mol. The minimum absolute atomic E-state index is 0.0842. The molecule has 0 saturated carbocycles. The molecule has 0 atom stereocenters. The summed E-state index contributed by atoms with van der Waals surface area (Å²) in [4.78, 5) is 27.3. The van der Waals surface area contributed by atoms with Crippen LogP contribution in [0, 0.1) is 0 Å². The van der Waals surface area contributed by atoms with Crippen LogP contribution in [-0.2, 0) is 9.53 Å². The molecule has 0 aliphatic carbocycles. The van der Waals surface area contributed by atoms with E-state index >= 15 is 0 Å². The SMILES string of the molecule is CCOC(=O)N1CCN(C(=O)CCNc2ccccc2OC)CC1. The Morgan fingerprint density at radius 1 is 1.12 bits per heavy atom. The Hall–Kier alpha value is -2.44. The molecule has 7 nitrogen and oxygen atoms in total. The molecular formula is C17H25N3O4. The number of nitrogens with one attached hydrogen (secondary N) is 1. The van der Waals surface area contributed by atoms with Crippen LogP contribution in [-0.4, -0.2) is 68.2 Å². The zero-order valence-electron chi connectivity index (χ0n) is 14.3. The molecule has 132 valence electrons. The van der Waals surface area contributed by atoms with Gasteiger partial charge in [0.1, 0.15) is 5.75 Å². The molecule has 24 heavy (non-hydrogen) atoms. The maximum absolute atomic E-state index is 12.3. The Morgan fingerprint density at radius 3 is 2.46 bits per heavy atom. The molecule has 0 aromatic heterocycles. The lowest BCUT2D eigenvalue weighted by molar-refractivity contribution is -0.132. The van der Waals surface area contributed by atoms with E-state index < -0.39 is 0 Å². The number of piperazine rings is 1. The van der Waals surface area contributed by atoms with Crippen LogP contribution >= 0.6 is 0 Å². The van der Waals surface area contributed by atoms with Gasteiger partial charge in [-0.1, -0.05) is 12.1 Å². The molecular weight excluding hydrogens is 310 g/mol. The van der Waals surface area contributed by atoms with E-state index in [2.05, 4.69) is 5.32 Å². The van der Waals surface area contributed by atoms with Crippen molar-refractivity contribution in [1.82, 2.24) is 9.80 Å². The molecule has 1 fully saturated rings. The predicted octanol–water partition coefficient (Wildman–Crippen LogP) is 1.80. The number of hydrogen-bond acceptors (Lipinski definition) is 5. The Bertz CT molecular complexity index is 557. The first kappa shape index (κ1) is 17.9. The standard InChI is InChI=1S/C17H25N3O4/c1-3-24-17(22)20-12-10-19(11-13-20)16(21)8-9-18-14-6-4-5-7-15(14)23-2/h4-7,18H,3,8-13H2,1-2H3. The zero-order valence-corrected chi connectivity index (χ0v) is 14.3. The van der Waals surface area contributed by atoms with Gasteiger partial charge < -0.3 is 24.6 Å². The molecule has 2 amide bonds. The number of amides is 2. The summed E-state index contributed by atoms with van der Waals surface area (Å²) in [6.45, 7) is 4.82. The summed E-state index contributed by atoms with van der Waals surface area (Å²) in [7, 11) is 1.62. The molecule has 2 rings (SSSR count). The number of carbonyl (C=O) groups is 2. The van der Waals surface area contributed by atoms with Gasteiger partial charge >= 0.3 is 6.09 Å². The second-order valence-electron chi connectivity index (χ2n) is 5.44. The van der Waals surface area contributed by atoms with Crippen LogP contribution in [0.5, 0.6) is 5.75 Å². The van der Waals surface area contributed by atoms with Gasteiger partial charge in [0.15, 0.2) is 0 Å². The van der Waals surface area contributed by atoms with Gasteiger partial charge in [-0.15, -0.1) is 0 Å². The van der Waals surface area contributed by atoms with E-state index in [1.165, 1.54) is 0 Å². The molecule has 1 heterocycles. The monoisotopic (exact) mass is 335 g/mol. The van der Waals surface area contributed by atoms with Gasteiger partial charge in [-0.25, -0.2) is 4.79 Å². The quantitative estimate of drug-likeness (QED) is 0.858. The zero-order chi connectivity index (χ0) is 17.4. The third-order valence-corrected chi connectivity index (χ3v) is 3.92. The maximum Gasteiger partial charge on any atom is 0.409 e. The van der Waals surface area contributed by atoms with E-state index in [0.717, 1.165) is 11.4 Å². The van der Waals surface area contributed by atoms with Crippen molar-refractivity contribution in [2.45, 2.75) is 13.3 Å². The lowest BCUT2D eigenvalue weighted by Gasteiger charge is -2.34. The predicted molar refractivity (Wildman–Crippen MR) is 91.3 cm³/mol. The smallest absolute Gasteiger partial charge is 0.409 e. The minimum atomic E-state index is -0.303. The van der Waals surface area contributed by atoms with E-state index in [-0.39, 0.29) is 12.0 Å². The van der Waals surface area contributed by atoms with Crippen molar-refractivity contribution in [3.8, 4) is 5.75 Å². The number of benzene rings is 1. The highest BCUT2D eigenvalue weighted by atomic mass is 16.6. The van der Waals surface area contributed by atoms with Gasteiger partial charge in [-0.3, -0.25) is 4.79 Å². The largest absolute Gasteiger partial charge is 0.495 e. The fourth-order valence-corrected chi connectivity index (χ4v) is 2.61. The van der Waals surface area contributed by atoms with E-state index in [4.69, 9.17) is 9.47 Å². The van der Waals surface area contributed by atoms with E-state index in [1.807, 2.05) is 24.3 Å². The van der Waals surface area contributed by atoms with E-state index in [0.29, 0.717) is 45.8 Å². The van der Waals surface area contributed by atoms with Crippen LogP contribution in [0.2, 0.25) is 0 Å². The van der Waals surface area contributed by atoms with Gasteiger partial charge in [0, 0.05) is 39.1 Å². The normalized spacial score (nSPS) is 14.2. The molecule has 1 saturated heterocycles. The topological polar surface area (TPSA) is 71.1 Å². The first-order valence-corrected chi connectivity index (χ1v) is 8.22. The molecule has 7 heteroatoms. The molecule has 0 spiro atoms. The van der Waals surface area contributed by atoms with Crippen molar-refractivity contribution in [1.29, 1.82) is 0 Å². The summed E-state index contributed by atoms with van der Waals surface area (Å²) >= 11 is 0. The first-order valence-electron chi connectivity index (χ1n) is 8.22. The number of para-hydroxylation sites is 2. The molecule has 0 radical (unpaired) electrons. The lowest BCUT2D eigenvalue weighted by atomic mass is 10.2. The fraction of sp³-hybridized carbons (Fsp3) is 0.529. The Kier molecular flexibility index (Phi) is 6.72. The number of carbonyl (C=O) groups excluding carboxylic acids is 2. The highest BCUT2D eigenvalue weighted by molar-refractivity contribution is 5.77. The Morgan fingerprint density at radius 2 is 1.79 bits per heavy atom. The number of methoxy groups -OCH3 is 1. The van der Waals surface area contributed by atoms with Crippen molar-refractivity contribution < 1.29 is 19.1 Å². The summed E-state index contributed by atoms with van der Waals surface area (Å²) in [5, 5.41) is 3.22. The van der Waals surface area contributed by atoms with Crippen LogP contribution in [0.4, 0.5) is 10.5 Å². The van der Waals surface area contributed by atoms with Crippen molar-refractivity contribution >= 4 is 17.7 Å².